The second-order valence-corrected chi connectivity index (χ2v) is 3.16. The Kier molecular flexibility index (Phi) is 3.31. The summed E-state index contributed by atoms with van der Waals surface area (Å²) in [6, 6.07) is 0. The van der Waals surface area contributed by atoms with Crippen LogP contribution in [0.25, 0.3) is 0 Å². The molecule has 66 valence electrons. The van der Waals surface area contributed by atoms with Crippen LogP contribution in [0.1, 0.15) is 22.6 Å². The van der Waals surface area contributed by atoms with E-state index in [9.17, 15) is 4.79 Å². The molecule has 0 unspecified atom stereocenters. The number of hydrogen-bond acceptors (Lipinski definition) is 5. The van der Waals surface area contributed by atoms with E-state index in [1.165, 1.54) is 11.5 Å². The molecule has 0 amide bonds. The van der Waals surface area contributed by atoms with E-state index in [1.807, 2.05) is 6.92 Å². The molecule has 0 aliphatic heterocycles. The van der Waals surface area contributed by atoms with Gasteiger partial charge in [0, 0.05) is 0 Å². The zero-order chi connectivity index (χ0) is 8.97. The van der Waals surface area contributed by atoms with Crippen molar-refractivity contribution >= 4 is 17.3 Å². The number of Topliss-reactive ketones (excluding diaryl/α,β-unsaturated/α-hetero) is 1. The first kappa shape index (κ1) is 9.28. The number of likely N-dealkylation sites (N-methyl/N-ethyl adjacent to an activating group) is 1. The minimum absolute atomic E-state index is 0.0477. The molecule has 0 atom stereocenters. The Morgan fingerprint density at radius 1 is 1.67 bits per heavy atom. The van der Waals surface area contributed by atoms with Gasteiger partial charge in [0.15, 0.2) is 0 Å². The predicted octanol–water partition coefficient (Wildman–Crippen LogP) is 0.503. The molecule has 0 aliphatic rings. The average molecular weight is 185 g/mol. The summed E-state index contributed by atoms with van der Waals surface area (Å²) in [6.45, 7) is 2.30. The Morgan fingerprint density at radius 2 is 2.42 bits per heavy atom. The SMILES string of the molecule is CCc1nc(C(=O)CNC)ns1. The lowest BCUT2D eigenvalue weighted by Gasteiger charge is -1.91. The zero-order valence-electron chi connectivity index (χ0n) is 7.13. The monoisotopic (exact) mass is 185 g/mol. The molecule has 0 spiro atoms. The van der Waals surface area contributed by atoms with Gasteiger partial charge in [-0.15, -0.1) is 0 Å². The van der Waals surface area contributed by atoms with Gasteiger partial charge in [-0.1, -0.05) is 6.92 Å². The van der Waals surface area contributed by atoms with E-state index in [2.05, 4.69) is 14.7 Å². The van der Waals surface area contributed by atoms with Crippen LogP contribution in [0.2, 0.25) is 0 Å². The second-order valence-electron chi connectivity index (χ2n) is 2.32. The van der Waals surface area contributed by atoms with Crippen molar-refractivity contribution in [2.75, 3.05) is 13.6 Å². The minimum Gasteiger partial charge on any atom is -0.313 e. The number of carbonyl (C=O) groups is 1. The summed E-state index contributed by atoms with van der Waals surface area (Å²) in [7, 11) is 1.73. The standard InChI is InChI=1S/C7H11N3OS/c1-3-6-9-7(10-12-6)5(11)4-8-2/h8H,3-4H2,1-2H3. The minimum atomic E-state index is -0.0477. The molecule has 0 bridgehead atoms. The van der Waals surface area contributed by atoms with E-state index in [4.69, 9.17) is 0 Å². The lowest BCUT2D eigenvalue weighted by atomic mass is 10.4. The molecule has 1 aromatic heterocycles. The van der Waals surface area contributed by atoms with Crippen molar-refractivity contribution in [3.8, 4) is 0 Å². The van der Waals surface area contributed by atoms with Gasteiger partial charge >= 0.3 is 0 Å². The van der Waals surface area contributed by atoms with Gasteiger partial charge in [-0.3, -0.25) is 4.79 Å². The highest BCUT2D eigenvalue weighted by Crippen LogP contribution is 2.04. The maximum absolute atomic E-state index is 11.2. The Balaban J connectivity index is 2.68. The van der Waals surface area contributed by atoms with Gasteiger partial charge in [-0.05, 0) is 25.0 Å². The van der Waals surface area contributed by atoms with Crippen molar-refractivity contribution in [1.29, 1.82) is 0 Å². The van der Waals surface area contributed by atoms with Gasteiger partial charge in [0.1, 0.15) is 5.01 Å². The maximum atomic E-state index is 11.2. The smallest absolute Gasteiger partial charge is 0.214 e. The van der Waals surface area contributed by atoms with Crippen LogP contribution in [0.5, 0.6) is 0 Å². The molecule has 4 nitrogen and oxygen atoms in total. The fourth-order valence-corrected chi connectivity index (χ4v) is 1.34. The first-order chi connectivity index (χ1) is 5.77. The van der Waals surface area contributed by atoms with Gasteiger partial charge in [0.2, 0.25) is 11.6 Å². The Bertz CT molecular complexity index is 271. The van der Waals surface area contributed by atoms with E-state index < -0.39 is 0 Å². The third kappa shape index (κ3) is 2.09. The van der Waals surface area contributed by atoms with E-state index in [-0.39, 0.29) is 5.78 Å². The summed E-state index contributed by atoms with van der Waals surface area (Å²) in [5, 5.41) is 3.68. The highest BCUT2D eigenvalue weighted by molar-refractivity contribution is 7.05. The summed E-state index contributed by atoms with van der Waals surface area (Å²) >= 11 is 1.29. The first-order valence-corrected chi connectivity index (χ1v) is 4.55. The lowest BCUT2D eigenvalue weighted by molar-refractivity contribution is 0.0985. The number of nitrogens with zero attached hydrogens (tertiary/aromatic N) is 2. The van der Waals surface area contributed by atoms with Crippen LogP contribution in [0, 0.1) is 0 Å². The van der Waals surface area contributed by atoms with Crippen molar-refractivity contribution in [3.63, 3.8) is 0 Å². The number of rotatable bonds is 4. The number of ketones is 1. The molecule has 1 aromatic rings. The number of aryl methyl sites for hydroxylation is 1. The number of carbonyl (C=O) groups excluding carboxylic acids is 1. The third-order valence-electron chi connectivity index (χ3n) is 1.36. The largest absolute Gasteiger partial charge is 0.313 e. The normalized spacial score (nSPS) is 10.2. The van der Waals surface area contributed by atoms with E-state index in [0.29, 0.717) is 12.4 Å². The van der Waals surface area contributed by atoms with Crippen molar-refractivity contribution in [2.24, 2.45) is 0 Å². The highest BCUT2D eigenvalue weighted by atomic mass is 32.1. The summed E-state index contributed by atoms with van der Waals surface area (Å²) in [5.74, 6) is 0.291. The molecule has 0 fully saturated rings. The van der Waals surface area contributed by atoms with Gasteiger partial charge in [-0.25, -0.2) is 4.98 Å². The topological polar surface area (TPSA) is 54.9 Å². The van der Waals surface area contributed by atoms with Crippen LogP contribution in [0.3, 0.4) is 0 Å². The van der Waals surface area contributed by atoms with E-state index >= 15 is 0 Å². The molecular formula is C7H11N3OS. The summed E-state index contributed by atoms with van der Waals surface area (Å²) < 4.78 is 3.95. The highest BCUT2D eigenvalue weighted by Gasteiger charge is 2.10. The molecule has 0 aromatic carbocycles. The van der Waals surface area contributed by atoms with E-state index in [0.717, 1.165) is 11.4 Å². The summed E-state index contributed by atoms with van der Waals surface area (Å²) in [4.78, 5) is 15.3. The molecular weight excluding hydrogens is 174 g/mol. The molecule has 0 radical (unpaired) electrons. The van der Waals surface area contributed by atoms with Crippen LogP contribution in [-0.2, 0) is 6.42 Å². The van der Waals surface area contributed by atoms with Gasteiger partial charge in [0.25, 0.3) is 0 Å². The van der Waals surface area contributed by atoms with Crippen LogP contribution in [0.15, 0.2) is 0 Å². The van der Waals surface area contributed by atoms with E-state index in [1.54, 1.807) is 7.05 Å². The molecule has 1 heterocycles. The number of aromatic nitrogens is 2. The second kappa shape index (κ2) is 4.27. The molecule has 0 saturated carbocycles. The van der Waals surface area contributed by atoms with Crippen molar-refractivity contribution in [1.82, 2.24) is 14.7 Å². The predicted molar refractivity (Wildman–Crippen MR) is 47.5 cm³/mol. The molecule has 1 rings (SSSR count). The van der Waals surface area contributed by atoms with Gasteiger partial charge < -0.3 is 5.32 Å². The number of nitrogens with one attached hydrogen (secondary N) is 1. The van der Waals surface area contributed by atoms with Crippen molar-refractivity contribution in [2.45, 2.75) is 13.3 Å². The average Bonchev–Trinajstić information content (AvgIpc) is 2.52. The van der Waals surface area contributed by atoms with Crippen LogP contribution >= 0.6 is 11.5 Å². The molecule has 0 saturated heterocycles. The van der Waals surface area contributed by atoms with Gasteiger partial charge in [0.05, 0.1) is 6.54 Å². The van der Waals surface area contributed by atoms with Crippen molar-refractivity contribution in [3.05, 3.63) is 10.8 Å². The fraction of sp³-hybridized carbons (Fsp3) is 0.571. The lowest BCUT2D eigenvalue weighted by Crippen LogP contribution is -2.19. The quantitative estimate of drug-likeness (QED) is 0.694. The summed E-state index contributed by atoms with van der Waals surface area (Å²) in [5.41, 5.74) is 0. The van der Waals surface area contributed by atoms with Crippen LogP contribution in [0.4, 0.5) is 0 Å². The molecule has 5 heteroatoms. The van der Waals surface area contributed by atoms with Crippen molar-refractivity contribution < 1.29 is 4.79 Å². The zero-order valence-corrected chi connectivity index (χ0v) is 7.94. The van der Waals surface area contributed by atoms with Crippen LogP contribution in [-0.4, -0.2) is 28.7 Å². The number of hydrogen-bond donors (Lipinski definition) is 1. The Labute approximate surface area is 75.2 Å². The Morgan fingerprint density at radius 3 is 2.92 bits per heavy atom. The van der Waals surface area contributed by atoms with Gasteiger partial charge in [-0.2, -0.15) is 4.37 Å². The third-order valence-corrected chi connectivity index (χ3v) is 2.21. The molecule has 0 aliphatic carbocycles. The molecule has 1 N–H and O–H groups in total. The fourth-order valence-electron chi connectivity index (χ4n) is 0.751. The summed E-state index contributed by atoms with van der Waals surface area (Å²) in [6.07, 6.45) is 0.838. The Hall–Kier alpha value is -0.810. The maximum Gasteiger partial charge on any atom is 0.214 e. The molecule has 12 heavy (non-hydrogen) atoms. The first-order valence-electron chi connectivity index (χ1n) is 3.78. The van der Waals surface area contributed by atoms with Crippen LogP contribution < -0.4 is 5.32 Å².